The molecule has 88 valence electrons. The first kappa shape index (κ1) is 10.7. The summed E-state index contributed by atoms with van der Waals surface area (Å²) in [5.41, 5.74) is 4.24. The van der Waals surface area contributed by atoms with Crippen LogP contribution in [0.5, 0.6) is 5.75 Å². The van der Waals surface area contributed by atoms with Crippen molar-refractivity contribution in [3.63, 3.8) is 0 Å². The number of hydrogen-bond donors (Lipinski definition) is 1. The minimum Gasteiger partial charge on any atom is -0.493 e. The molecule has 1 N–H and O–H groups in total. The number of rotatable bonds is 3. The van der Waals surface area contributed by atoms with Crippen LogP contribution in [0.3, 0.4) is 0 Å². The van der Waals surface area contributed by atoms with Gasteiger partial charge in [0.25, 0.3) is 0 Å². The molecule has 0 radical (unpaired) electrons. The Bertz CT molecular complexity index is 484. The van der Waals surface area contributed by atoms with Gasteiger partial charge in [-0.3, -0.25) is 0 Å². The summed E-state index contributed by atoms with van der Waals surface area (Å²) in [6.07, 6.45) is 1.02. The highest BCUT2D eigenvalue weighted by atomic mass is 32.1. The normalized spacial score (nSPS) is 18.5. The topological polar surface area (TPSA) is 34.1 Å². The summed E-state index contributed by atoms with van der Waals surface area (Å²) >= 11 is 1.64. The smallest absolute Gasteiger partial charge is 0.124 e. The molecule has 0 bridgehead atoms. The van der Waals surface area contributed by atoms with E-state index in [1.54, 1.807) is 11.3 Å². The van der Waals surface area contributed by atoms with Crippen molar-refractivity contribution in [2.75, 3.05) is 6.61 Å². The number of para-hydroxylation sites is 1. The third-order valence-electron chi connectivity index (χ3n) is 2.97. The van der Waals surface area contributed by atoms with Gasteiger partial charge in [0.1, 0.15) is 5.75 Å². The molecule has 0 saturated heterocycles. The Morgan fingerprint density at radius 3 is 3.24 bits per heavy atom. The van der Waals surface area contributed by atoms with E-state index < -0.39 is 0 Å². The fraction of sp³-hybridized carbons (Fsp3) is 0.308. The summed E-state index contributed by atoms with van der Waals surface area (Å²) in [5.74, 6) is 1.01. The zero-order chi connectivity index (χ0) is 11.5. The molecule has 0 spiro atoms. The number of thiazole rings is 1. The van der Waals surface area contributed by atoms with Crippen LogP contribution in [0.25, 0.3) is 0 Å². The van der Waals surface area contributed by atoms with Gasteiger partial charge in [0.2, 0.25) is 0 Å². The lowest BCUT2D eigenvalue weighted by Crippen LogP contribution is -2.26. The van der Waals surface area contributed by atoms with E-state index in [1.807, 2.05) is 17.6 Å². The number of nitrogens with one attached hydrogen (secondary N) is 1. The molecule has 1 aliphatic rings. The Morgan fingerprint density at radius 2 is 2.35 bits per heavy atom. The van der Waals surface area contributed by atoms with E-state index >= 15 is 0 Å². The van der Waals surface area contributed by atoms with Crippen LogP contribution in [0.4, 0.5) is 0 Å². The van der Waals surface area contributed by atoms with Gasteiger partial charge in [0.15, 0.2) is 0 Å². The third-order valence-corrected chi connectivity index (χ3v) is 3.61. The van der Waals surface area contributed by atoms with Crippen LogP contribution in [0.1, 0.15) is 23.7 Å². The summed E-state index contributed by atoms with van der Waals surface area (Å²) in [4.78, 5) is 4.28. The highest BCUT2D eigenvalue weighted by Crippen LogP contribution is 2.31. The van der Waals surface area contributed by atoms with E-state index in [4.69, 9.17) is 4.74 Å². The molecule has 0 fully saturated rings. The first-order valence-corrected chi connectivity index (χ1v) is 6.70. The Balaban J connectivity index is 1.72. The van der Waals surface area contributed by atoms with Crippen molar-refractivity contribution in [2.45, 2.75) is 19.0 Å². The van der Waals surface area contributed by atoms with Crippen LogP contribution in [0.2, 0.25) is 0 Å². The van der Waals surface area contributed by atoms with Crippen LogP contribution in [-0.4, -0.2) is 11.6 Å². The predicted molar refractivity (Wildman–Crippen MR) is 68.2 cm³/mol. The van der Waals surface area contributed by atoms with Crippen LogP contribution in [0.15, 0.2) is 35.2 Å². The zero-order valence-electron chi connectivity index (χ0n) is 9.43. The average molecular weight is 246 g/mol. The van der Waals surface area contributed by atoms with E-state index in [9.17, 15) is 0 Å². The molecule has 3 rings (SSSR count). The van der Waals surface area contributed by atoms with E-state index in [-0.39, 0.29) is 0 Å². The molecule has 2 aromatic rings. The molecule has 2 heterocycles. The highest BCUT2D eigenvalue weighted by molar-refractivity contribution is 7.07. The lowest BCUT2D eigenvalue weighted by atomic mass is 10.0. The molecule has 0 saturated carbocycles. The van der Waals surface area contributed by atoms with Gasteiger partial charge in [0.05, 0.1) is 17.8 Å². The monoisotopic (exact) mass is 246 g/mol. The molecule has 1 unspecified atom stereocenters. The fourth-order valence-electron chi connectivity index (χ4n) is 2.11. The van der Waals surface area contributed by atoms with Crippen LogP contribution < -0.4 is 10.1 Å². The second-order valence-electron chi connectivity index (χ2n) is 4.09. The molecular weight excluding hydrogens is 232 g/mol. The molecule has 1 atom stereocenters. The van der Waals surface area contributed by atoms with Gasteiger partial charge in [0, 0.05) is 30.0 Å². The highest BCUT2D eigenvalue weighted by Gasteiger charge is 2.20. The SMILES string of the molecule is c1ccc2c(c1)OCCC2NCc1cscn1. The fourth-order valence-corrected chi connectivity index (χ4v) is 2.67. The summed E-state index contributed by atoms with van der Waals surface area (Å²) < 4.78 is 5.64. The summed E-state index contributed by atoms with van der Waals surface area (Å²) in [5, 5.41) is 5.63. The number of benzene rings is 1. The minimum atomic E-state index is 0.377. The average Bonchev–Trinajstić information content (AvgIpc) is 2.89. The predicted octanol–water partition coefficient (Wildman–Crippen LogP) is 2.76. The number of nitrogens with zero attached hydrogens (tertiary/aromatic N) is 1. The number of fused-ring (bicyclic) bond motifs is 1. The van der Waals surface area contributed by atoms with Crippen molar-refractivity contribution in [2.24, 2.45) is 0 Å². The number of hydrogen-bond acceptors (Lipinski definition) is 4. The number of ether oxygens (including phenoxy) is 1. The lowest BCUT2D eigenvalue weighted by molar-refractivity contribution is 0.252. The summed E-state index contributed by atoms with van der Waals surface area (Å²) in [6, 6.07) is 8.62. The van der Waals surface area contributed by atoms with Crippen LogP contribution in [-0.2, 0) is 6.54 Å². The maximum atomic E-state index is 5.64. The Hall–Kier alpha value is -1.39. The molecule has 1 aromatic heterocycles. The van der Waals surface area contributed by atoms with Gasteiger partial charge in [-0.05, 0) is 6.07 Å². The quantitative estimate of drug-likeness (QED) is 0.904. The Kier molecular flexibility index (Phi) is 3.07. The second kappa shape index (κ2) is 4.85. The first-order valence-electron chi connectivity index (χ1n) is 5.75. The van der Waals surface area contributed by atoms with Gasteiger partial charge in [-0.2, -0.15) is 0 Å². The molecule has 0 aliphatic carbocycles. The summed E-state index contributed by atoms with van der Waals surface area (Å²) in [6.45, 7) is 1.61. The van der Waals surface area contributed by atoms with E-state index in [0.29, 0.717) is 6.04 Å². The molecule has 4 heteroatoms. The molecular formula is C13H14N2OS. The van der Waals surface area contributed by atoms with E-state index in [1.165, 1.54) is 5.56 Å². The van der Waals surface area contributed by atoms with Gasteiger partial charge in [-0.25, -0.2) is 4.98 Å². The lowest BCUT2D eigenvalue weighted by Gasteiger charge is -2.26. The van der Waals surface area contributed by atoms with Crippen molar-refractivity contribution in [3.8, 4) is 5.75 Å². The standard InChI is InChI=1S/C13H14N2OS/c1-2-4-13-11(3-1)12(5-6-16-13)14-7-10-8-17-9-15-10/h1-4,8-9,12,14H,5-7H2. The Morgan fingerprint density at radius 1 is 1.41 bits per heavy atom. The zero-order valence-corrected chi connectivity index (χ0v) is 10.2. The number of aromatic nitrogens is 1. The maximum absolute atomic E-state index is 5.64. The van der Waals surface area contributed by atoms with Crippen LogP contribution >= 0.6 is 11.3 Å². The molecule has 0 amide bonds. The molecule has 1 aliphatic heterocycles. The van der Waals surface area contributed by atoms with E-state index in [2.05, 4.69) is 27.8 Å². The molecule has 3 nitrogen and oxygen atoms in total. The second-order valence-corrected chi connectivity index (χ2v) is 4.81. The summed E-state index contributed by atoms with van der Waals surface area (Å²) in [7, 11) is 0. The largest absolute Gasteiger partial charge is 0.493 e. The van der Waals surface area contributed by atoms with Crippen molar-refractivity contribution in [3.05, 3.63) is 46.4 Å². The minimum absolute atomic E-state index is 0.377. The van der Waals surface area contributed by atoms with Crippen LogP contribution in [0, 0.1) is 0 Å². The van der Waals surface area contributed by atoms with Gasteiger partial charge >= 0.3 is 0 Å². The van der Waals surface area contributed by atoms with Crippen molar-refractivity contribution in [1.82, 2.24) is 10.3 Å². The van der Waals surface area contributed by atoms with Crippen molar-refractivity contribution < 1.29 is 4.74 Å². The van der Waals surface area contributed by atoms with Gasteiger partial charge in [-0.1, -0.05) is 18.2 Å². The van der Waals surface area contributed by atoms with Crippen molar-refractivity contribution >= 4 is 11.3 Å². The molecule has 17 heavy (non-hydrogen) atoms. The third kappa shape index (κ3) is 2.33. The van der Waals surface area contributed by atoms with Gasteiger partial charge < -0.3 is 10.1 Å². The molecule has 1 aromatic carbocycles. The maximum Gasteiger partial charge on any atom is 0.124 e. The van der Waals surface area contributed by atoms with Crippen molar-refractivity contribution in [1.29, 1.82) is 0 Å². The first-order chi connectivity index (χ1) is 8.43. The van der Waals surface area contributed by atoms with Gasteiger partial charge in [-0.15, -0.1) is 11.3 Å². The Labute approximate surface area is 104 Å². The van der Waals surface area contributed by atoms with E-state index in [0.717, 1.165) is 31.0 Å².